The fourth-order valence-corrected chi connectivity index (χ4v) is 3.35. The van der Waals surface area contributed by atoms with E-state index in [9.17, 15) is 0 Å². The highest BCUT2D eigenvalue weighted by Crippen LogP contribution is 2.37. The van der Waals surface area contributed by atoms with Gasteiger partial charge in [-0.25, -0.2) is 0 Å². The van der Waals surface area contributed by atoms with E-state index < -0.39 is 0 Å². The van der Waals surface area contributed by atoms with E-state index in [1.54, 1.807) is 14.2 Å². The molecule has 0 spiro atoms. The van der Waals surface area contributed by atoms with Crippen molar-refractivity contribution in [2.75, 3.05) is 40.4 Å². The van der Waals surface area contributed by atoms with Gasteiger partial charge in [0.1, 0.15) is 11.5 Å². The molecule has 5 heteroatoms. The summed E-state index contributed by atoms with van der Waals surface area (Å²) in [7, 11) is 3.40. The number of methoxy groups -OCH3 is 2. The van der Waals surface area contributed by atoms with Gasteiger partial charge in [-0.2, -0.15) is 0 Å². The largest absolute Gasteiger partial charge is 0.497 e. The summed E-state index contributed by atoms with van der Waals surface area (Å²) in [5.41, 5.74) is 2.31. The van der Waals surface area contributed by atoms with Gasteiger partial charge in [-0.3, -0.25) is 4.90 Å². The molecule has 1 fully saturated rings. The lowest BCUT2D eigenvalue weighted by molar-refractivity contribution is 0.195. The topological polar surface area (TPSA) is 33.7 Å². The van der Waals surface area contributed by atoms with Gasteiger partial charge in [-0.1, -0.05) is 23.7 Å². The second-order valence-corrected chi connectivity index (χ2v) is 6.28. The average molecular weight is 347 g/mol. The molecule has 2 aromatic rings. The number of halogens is 1. The van der Waals surface area contributed by atoms with E-state index >= 15 is 0 Å². The fourth-order valence-electron chi connectivity index (χ4n) is 3.23. The van der Waals surface area contributed by atoms with Gasteiger partial charge >= 0.3 is 0 Å². The second-order valence-electron chi connectivity index (χ2n) is 5.85. The van der Waals surface area contributed by atoms with Crippen molar-refractivity contribution in [3.8, 4) is 11.5 Å². The molecule has 4 nitrogen and oxygen atoms in total. The molecule has 2 aromatic carbocycles. The predicted octanol–water partition coefficient (Wildman–Crippen LogP) is 3.35. The number of nitrogens with zero attached hydrogens (tertiary/aromatic N) is 1. The molecule has 0 saturated carbocycles. The van der Waals surface area contributed by atoms with Crippen LogP contribution in [0.2, 0.25) is 5.02 Å². The summed E-state index contributed by atoms with van der Waals surface area (Å²) >= 11 is 6.09. The molecular weight excluding hydrogens is 324 g/mol. The van der Waals surface area contributed by atoms with Crippen LogP contribution in [0, 0.1) is 0 Å². The predicted molar refractivity (Wildman–Crippen MR) is 97.3 cm³/mol. The third-order valence-electron chi connectivity index (χ3n) is 4.43. The van der Waals surface area contributed by atoms with Crippen LogP contribution in [0.25, 0.3) is 0 Å². The number of benzene rings is 2. The second kappa shape index (κ2) is 7.88. The molecule has 0 aromatic heterocycles. The van der Waals surface area contributed by atoms with E-state index in [2.05, 4.69) is 28.4 Å². The van der Waals surface area contributed by atoms with Gasteiger partial charge in [-0.05, 0) is 35.9 Å². The lowest BCUT2D eigenvalue weighted by Crippen LogP contribution is -2.45. The Morgan fingerprint density at radius 1 is 1.00 bits per heavy atom. The Labute approximate surface area is 148 Å². The van der Waals surface area contributed by atoms with Crippen molar-refractivity contribution in [3.05, 3.63) is 58.6 Å². The van der Waals surface area contributed by atoms with Crippen LogP contribution in [-0.2, 0) is 0 Å². The first-order valence-electron chi connectivity index (χ1n) is 8.15. The number of piperazine rings is 1. The first-order valence-corrected chi connectivity index (χ1v) is 8.53. The van der Waals surface area contributed by atoms with Crippen LogP contribution in [0.15, 0.2) is 42.5 Å². The Morgan fingerprint density at radius 3 is 2.33 bits per heavy atom. The average Bonchev–Trinajstić information content (AvgIpc) is 2.64. The number of ether oxygens (including phenoxy) is 2. The van der Waals surface area contributed by atoms with Crippen LogP contribution in [0.5, 0.6) is 11.5 Å². The van der Waals surface area contributed by atoms with Gasteiger partial charge in [0.25, 0.3) is 0 Å². The van der Waals surface area contributed by atoms with Gasteiger partial charge in [-0.15, -0.1) is 0 Å². The van der Waals surface area contributed by atoms with Gasteiger partial charge in [0.2, 0.25) is 0 Å². The Morgan fingerprint density at radius 2 is 1.71 bits per heavy atom. The third-order valence-corrected chi connectivity index (χ3v) is 4.69. The van der Waals surface area contributed by atoms with Crippen LogP contribution in [0.1, 0.15) is 17.2 Å². The maximum Gasteiger partial charge on any atom is 0.124 e. The zero-order valence-electron chi connectivity index (χ0n) is 14.1. The van der Waals surface area contributed by atoms with Gasteiger partial charge in [0, 0.05) is 36.8 Å². The monoisotopic (exact) mass is 346 g/mol. The van der Waals surface area contributed by atoms with Crippen molar-refractivity contribution < 1.29 is 9.47 Å². The molecule has 1 atom stereocenters. The molecule has 0 aliphatic carbocycles. The molecule has 1 aliphatic heterocycles. The normalized spacial score (nSPS) is 16.6. The van der Waals surface area contributed by atoms with E-state index in [0.29, 0.717) is 0 Å². The highest BCUT2D eigenvalue weighted by Gasteiger charge is 2.27. The maximum absolute atomic E-state index is 6.09. The van der Waals surface area contributed by atoms with Crippen LogP contribution in [-0.4, -0.2) is 45.3 Å². The molecule has 1 unspecified atom stereocenters. The van der Waals surface area contributed by atoms with Crippen molar-refractivity contribution in [1.29, 1.82) is 0 Å². The molecule has 1 heterocycles. The molecule has 24 heavy (non-hydrogen) atoms. The number of nitrogens with one attached hydrogen (secondary N) is 1. The number of rotatable bonds is 5. The van der Waals surface area contributed by atoms with Crippen LogP contribution in [0.4, 0.5) is 0 Å². The Balaban J connectivity index is 2.08. The number of hydrogen-bond donors (Lipinski definition) is 1. The van der Waals surface area contributed by atoms with Crippen molar-refractivity contribution in [2.45, 2.75) is 6.04 Å². The van der Waals surface area contributed by atoms with Crippen molar-refractivity contribution in [1.82, 2.24) is 10.2 Å². The molecule has 1 N–H and O–H groups in total. The Hall–Kier alpha value is -1.75. The molecule has 0 bridgehead atoms. The minimum Gasteiger partial charge on any atom is -0.497 e. The Kier molecular flexibility index (Phi) is 5.61. The summed E-state index contributed by atoms with van der Waals surface area (Å²) < 4.78 is 11.1. The van der Waals surface area contributed by atoms with Crippen LogP contribution in [0.3, 0.4) is 0 Å². The summed E-state index contributed by atoms with van der Waals surface area (Å²) in [4.78, 5) is 2.47. The molecular formula is C19H23ClN2O2. The maximum atomic E-state index is 6.09. The van der Waals surface area contributed by atoms with E-state index in [4.69, 9.17) is 21.1 Å². The molecule has 3 rings (SSSR count). The van der Waals surface area contributed by atoms with Crippen molar-refractivity contribution in [2.24, 2.45) is 0 Å². The molecule has 1 aliphatic rings. The molecule has 1 saturated heterocycles. The Bertz CT molecular complexity index is 670. The fraction of sp³-hybridized carbons (Fsp3) is 0.368. The van der Waals surface area contributed by atoms with Crippen LogP contribution >= 0.6 is 11.6 Å². The summed E-state index contributed by atoms with van der Waals surface area (Å²) in [5, 5.41) is 4.16. The minimum absolute atomic E-state index is 0.106. The highest BCUT2D eigenvalue weighted by atomic mass is 35.5. The molecule has 0 radical (unpaired) electrons. The lowest BCUT2D eigenvalue weighted by Gasteiger charge is -2.36. The van der Waals surface area contributed by atoms with E-state index in [0.717, 1.165) is 48.3 Å². The van der Waals surface area contributed by atoms with E-state index in [1.807, 2.05) is 24.3 Å². The summed E-state index contributed by atoms with van der Waals surface area (Å²) in [6.45, 7) is 3.92. The first-order chi connectivity index (χ1) is 11.7. The number of hydrogen-bond acceptors (Lipinski definition) is 4. The van der Waals surface area contributed by atoms with Gasteiger partial charge in [0.15, 0.2) is 0 Å². The summed E-state index contributed by atoms with van der Waals surface area (Å²) in [6.07, 6.45) is 0. The molecule has 0 amide bonds. The van der Waals surface area contributed by atoms with Crippen LogP contribution < -0.4 is 14.8 Å². The van der Waals surface area contributed by atoms with Gasteiger partial charge < -0.3 is 14.8 Å². The van der Waals surface area contributed by atoms with E-state index in [-0.39, 0.29) is 6.04 Å². The van der Waals surface area contributed by atoms with Crippen molar-refractivity contribution >= 4 is 11.6 Å². The summed E-state index contributed by atoms with van der Waals surface area (Å²) in [5.74, 6) is 1.70. The quantitative estimate of drug-likeness (QED) is 0.900. The van der Waals surface area contributed by atoms with E-state index in [1.165, 1.54) is 5.56 Å². The third kappa shape index (κ3) is 3.66. The highest BCUT2D eigenvalue weighted by molar-refractivity contribution is 6.30. The minimum atomic E-state index is 0.106. The first kappa shape index (κ1) is 17.1. The van der Waals surface area contributed by atoms with Gasteiger partial charge in [0.05, 0.1) is 20.3 Å². The lowest BCUT2D eigenvalue weighted by atomic mass is 9.95. The zero-order chi connectivity index (χ0) is 16.9. The van der Waals surface area contributed by atoms with Crippen molar-refractivity contribution in [3.63, 3.8) is 0 Å². The zero-order valence-corrected chi connectivity index (χ0v) is 14.8. The smallest absolute Gasteiger partial charge is 0.124 e. The SMILES string of the molecule is COc1ccc(OC)c(C(c2ccc(Cl)cc2)N2CCNCC2)c1. The molecule has 128 valence electrons. The standard InChI is InChI=1S/C19H23ClN2O2/c1-23-16-7-8-18(24-2)17(13-16)19(22-11-9-21-10-12-22)14-3-5-15(20)6-4-14/h3-8,13,19,21H,9-12H2,1-2H3. The summed E-state index contributed by atoms with van der Waals surface area (Å²) in [6, 6.07) is 14.1.